The van der Waals surface area contributed by atoms with Crippen LogP contribution in [0.4, 0.5) is 0 Å². The average molecular weight is 246 g/mol. The van der Waals surface area contributed by atoms with Crippen molar-refractivity contribution in [1.82, 2.24) is 20.1 Å². The van der Waals surface area contributed by atoms with E-state index in [4.69, 9.17) is 4.74 Å². The third-order valence-electron chi connectivity index (χ3n) is 3.04. The Balaban J connectivity index is 2.25. The number of pyridine rings is 1. The maximum atomic E-state index is 5.35. The fourth-order valence-electron chi connectivity index (χ4n) is 2.07. The normalized spacial score (nSPS) is 12.4. The van der Waals surface area contributed by atoms with E-state index >= 15 is 0 Å². The van der Waals surface area contributed by atoms with Crippen molar-refractivity contribution in [1.29, 1.82) is 0 Å². The van der Waals surface area contributed by atoms with E-state index in [2.05, 4.69) is 15.4 Å². The van der Waals surface area contributed by atoms with E-state index in [1.54, 1.807) is 13.3 Å². The van der Waals surface area contributed by atoms with Crippen molar-refractivity contribution >= 4 is 0 Å². The highest BCUT2D eigenvalue weighted by Gasteiger charge is 2.19. The Kier molecular flexibility index (Phi) is 3.94. The van der Waals surface area contributed by atoms with E-state index in [9.17, 15) is 0 Å². The van der Waals surface area contributed by atoms with Crippen molar-refractivity contribution in [2.75, 3.05) is 14.2 Å². The van der Waals surface area contributed by atoms with Crippen LogP contribution in [0.3, 0.4) is 0 Å². The summed E-state index contributed by atoms with van der Waals surface area (Å²) in [5.74, 6) is 0.811. The Bertz CT molecular complexity index is 495. The summed E-state index contributed by atoms with van der Waals surface area (Å²) in [7, 11) is 5.53. The van der Waals surface area contributed by atoms with Gasteiger partial charge in [0.15, 0.2) is 5.75 Å². The second kappa shape index (κ2) is 5.64. The number of ether oxygens (including phenoxy) is 1. The molecule has 5 heteroatoms. The molecule has 0 bridgehead atoms. The summed E-state index contributed by atoms with van der Waals surface area (Å²) in [5, 5.41) is 7.54. The van der Waals surface area contributed by atoms with Crippen molar-refractivity contribution in [3.8, 4) is 5.75 Å². The maximum Gasteiger partial charge on any atom is 0.161 e. The zero-order valence-electron chi connectivity index (χ0n) is 10.9. The minimum Gasteiger partial charge on any atom is -0.493 e. The maximum absolute atomic E-state index is 5.35. The van der Waals surface area contributed by atoms with E-state index in [-0.39, 0.29) is 6.04 Å². The van der Waals surface area contributed by atoms with Crippen LogP contribution >= 0.6 is 0 Å². The lowest BCUT2D eigenvalue weighted by molar-refractivity contribution is 0.397. The number of nitrogens with zero attached hydrogens (tertiary/aromatic N) is 3. The van der Waals surface area contributed by atoms with Crippen molar-refractivity contribution < 1.29 is 4.74 Å². The molecule has 0 aliphatic heterocycles. The molecule has 0 aliphatic rings. The summed E-state index contributed by atoms with van der Waals surface area (Å²) in [6.07, 6.45) is 6.23. The third kappa shape index (κ3) is 2.51. The van der Waals surface area contributed by atoms with Gasteiger partial charge in [-0.2, -0.15) is 5.10 Å². The van der Waals surface area contributed by atoms with E-state index < -0.39 is 0 Å². The van der Waals surface area contributed by atoms with Gasteiger partial charge in [-0.1, -0.05) is 0 Å². The molecular formula is C13H18N4O. The van der Waals surface area contributed by atoms with Gasteiger partial charge in [0.25, 0.3) is 0 Å². The molecule has 2 heterocycles. The zero-order chi connectivity index (χ0) is 13.0. The van der Waals surface area contributed by atoms with Crippen molar-refractivity contribution in [3.63, 3.8) is 0 Å². The number of rotatable bonds is 5. The van der Waals surface area contributed by atoms with Crippen LogP contribution < -0.4 is 10.1 Å². The highest BCUT2D eigenvalue weighted by Crippen LogP contribution is 2.26. The molecule has 2 rings (SSSR count). The van der Waals surface area contributed by atoms with Crippen molar-refractivity contribution in [2.24, 2.45) is 7.05 Å². The first-order chi connectivity index (χ1) is 8.76. The molecule has 0 amide bonds. The molecule has 0 aliphatic carbocycles. The van der Waals surface area contributed by atoms with E-state index in [0.717, 1.165) is 17.9 Å². The van der Waals surface area contributed by atoms with E-state index in [0.29, 0.717) is 0 Å². The van der Waals surface area contributed by atoms with Crippen molar-refractivity contribution in [2.45, 2.75) is 12.5 Å². The lowest BCUT2D eigenvalue weighted by atomic mass is 10.0. The number of methoxy groups -OCH3 is 1. The van der Waals surface area contributed by atoms with Gasteiger partial charge in [0.05, 0.1) is 25.0 Å². The molecule has 18 heavy (non-hydrogen) atoms. The van der Waals surface area contributed by atoms with Crippen LogP contribution in [0.2, 0.25) is 0 Å². The standard InChI is InChI=1S/C13H18N4O/c1-14-11(8-10-4-6-15-7-5-10)13-12(18-3)9-16-17(13)2/h4-7,9,11,14H,8H2,1-3H3. The van der Waals surface area contributed by atoms with Gasteiger partial charge in [0.1, 0.15) is 0 Å². The van der Waals surface area contributed by atoms with Crippen LogP contribution in [-0.2, 0) is 13.5 Å². The van der Waals surface area contributed by atoms with Crippen LogP contribution in [-0.4, -0.2) is 28.9 Å². The number of aromatic nitrogens is 3. The van der Waals surface area contributed by atoms with Crippen LogP contribution in [0.5, 0.6) is 5.75 Å². The Morgan fingerprint density at radius 3 is 2.72 bits per heavy atom. The first-order valence-electron chi connectivity index (χ1n) is 5.88. The lowest BCUT2D eigenvalue weighted by Gasteiger charge is -2.18. The molecule has 2 aromatic heterocycles. The van der Waals surface area contributed by atoms with Gasteiger partial charge in [0, 0.05) is 19.4 Å². The summed E-state index contributed by atoms with van der Waals surface area (Å²) >= 11 is 0. The SMILES string of the molecule is CNC(Cc1ccncc1)c1c(OC)cnn1C. The zero-order valence-corrected chi connectivity index (χ0v) is 10.9. The highest BCUT2D eigenvalue weighted by atomic mass is 16.5. The predicted octanol–water partition coefficient (Wildman–Crippen LogP) is 1.33. The molecule has 0 saturated carbocycles. The molecule has 1 N–H and O–H groups in total. The van der Waals surface area contributed by atoms with Crippen LogP contribution in [0, 0.1) is 0 Å². The number of aryl methyl sites for hydroxylation is 1. The van der Waals surface area contributed by atoms with Crippen LogP contribution in [0.1, 0.15) is 17.3 Å². The Morgan fingerprint density at radius 2 is 2.11 bits per heavy atom. The summed E-state index contributed by atoms with van der Waals surface area (Å²) in [5.41, 5.74) is 2.28. The summed E-state index contributed by atoms with van der Waals surface area (Å²) in [6.45, 7) is 0. The van der Waals surface area contributed by atoms with Crippen LogP contribution in [0.15, 0.2) is 30.7 Å². The molecule has 2 aromatic rings. The number of nitrogens with one attached hydrogen (secondary N) is 1. The van der Waals surface area contributed by atoms with Gasteiger partial charge in [-0.25, -0.2) is 0 Å². The van der Waals surface area contributed by atoms with Gasteiger partial charge in [-0.05, 0) is 31.2 Å². The van der Waals surface area contributed by atoms with E-state index in [1.807, 2.05) is 43.3 Å². The Morgan fingerprint density at radius 1 is 1.39 bits per heavy atom. The van der Waals surface area contributed by atoms with Crippen molar-refractivity contribution in [3.05, 3.63) is 42.0 Å². The molecule has 0 fully saturated rings. The van der Waals surface area contributed by atoms with E-state index in [1.165, 1.54) is 5.56 Å². The molecule has 1 unspecified atom stereocenters. The second-order valence-corrected chi connectivity index (χ2v) is 4.12. The Hall–Kier alpha value is -1.88. The average Bonchev–Trinajstić information content (AvgIpc) is 2.78. The molecule has 5 nitrogen and oxygen atoms in total. The minimum absolute atomic E-state index is 0.162. The molecule has 1 atom stereocenters. The van der Waals surface area contributed by atoms with Gasteiger partial charge >= 0.3 is 0 Å². The van der Waals surface area contributed by atoms with Gasteiger partial charge in [0.2, 0.25) is 0 Å². The highest BCUT2D eigenvalue weighted by molar-refractivity contribution is 5.29. The predicted molar refractivity (Wildman–Crippen MR) is 69.5 cm³/mol. The summed E-state index contributed by atoms with van der Waals surface area (Å²) in [4.78, 5) is 4.03. The monoisotopic (exact) mass is 246 g/mol. The first kappa shape index (κ1) is 12.6. The lowest BCUT2D eigenvalue weighted by Crippen LogP contribution is -2.22. The largest absolute Gasteiger partial charge is 0.493 e. The van der Waals surface area contributed by atoms with Gasteiger partial charge in [-0.3, -0.25) is 9.67 Å². The summed E-state index contributed by atoms with van der Waals surface area (Å²) in [6, 6.07) is 4.20. The molecule has 0 saturated heterocycles. The topological polar surface area (TPSA) is 52.0 Å². The molecule has 0 radical (unpaired) electrons. The quantitative estimate of drug-likeness (QED) is 0.864. The fourth-order valence-corrected chi connectivity index (χ4v) is 2.07. The van der Waals surface area contributed by atoms with Gasteiger partial charge in [-0.15, -0.1) is 0 Å². The summed E-state index contributed by atoms with van der Waals surface area (Å²) < 4.78 is 7.20. The molecule has 0 aromatic carbocycles. The smallest absolute Gasteiger partial charge is 0.161 e. The first-order valence-corrected chi connectivity index (χ1v) is 5.88. The fraction of sp³-hybridized carbons (Fsp3) is 0.385. The third-order valence-corrected chi connectivity index (χ3v) is 3.04. The number of hydrogen-bond donors (Lipinski definition) is 1. The molecular weight excluding hydrogens is 228 g/mol. The number of hydrogen-bond acceptors (Lipinski definition) is 4. The minimum atomic E-state index is 0.162. The number of likely N-dealkylation sites (N-methyl/N-ethyl adjacent to an activating group) is 1. The van der Waals surface area contributed by atoms with Gasteiger partial charge < -0.3 is 10.1 Å². The second-order valence-electron chi connectivity index (χ2n) is 4.12. The molecule has 0 spiro atoms. The molecule has 96 valence electrons. The van der Waals surface area contributed by atoms with Crippen LogP contribution in [0.25, 0.3) is 0 Å². The Labute approximate surface area is 107 Å².